The second kappa shape index (κ2) is 8.13. The monoisotopic (exact) mass is 408 g/mol. The minimum atomic E-state index is 0.0980. The molecule has 0 N–H and O–H groups in total. The summed E-state index contributed by atoms with van der Waals surface area (Å²) in [6.07, 6.45) is 3.36. The van der Waals surface area contributed by atoms with Crippen LogP contribution in [0, 0.1) is 0 Å². The molecule has 0 aliphatic carbocycles. The van der Waals surface area contributed by atoms with Crippen LogP contribution in [0.3, 0.4) is 0 Å². The van der Waals surface area contributed by atoms with Crippen molar-refractivity contribution in [1.29, 1.82) is 0 Å². The van der Waals surface area contributed by atoms with Crippen LogP contribution in [0.5, 0.6) is 0 Å². The van der Waals surface area contributed by atoms with Crippen LogP contribution in [-0.4, -0.2) is 51.3 Å². The Labute approximate surface area is 176 Å². The predicted molar refractivity (Wildman–Crippen MR) is 114 cm³/mol. The number of hydrogen-bond donors (Lipinski definition) is 0. The molecule has 5 rings (SSSR count). The molecule has 1 unspecified atom stereocenters. The fourth-order valence-electron chi connectivity index (χ4n) is 4.58. The van der Waals surface area contributed by atoms with Crippen molar-refractivity contribution in [2.45, 2.75) is 31.8 Å². The molecular weight excluding hydrogens is 384 g/mol. The highest BCUT2D eigenvalue weighted by molar-refractivity contribution is 6.30. The van der Waals surface area contributed by atoms with Gasteiger partial charge in [-0.15, -0.1) is 5.10 Å². The molecule has 29 heavy (non-hydrogen) atoms. The van der Waals surface area contributed by atoms with Crippen molar-refractivity contribution in [1.82, 2.24) is 25.1 Å². The summed E-state index contributed by atoms with van der Waals surface area (Å²) in [5, 5.41) is 13.6. The van der Waals surface area contributed by atoms with Crippen LogP contribution in [0.25, 0.3) is 0 Å². The van der Waals surface area contributed by atoms with Gasteiger partial charge in [0.15, 0.2) is 5.82 Å². The van der Waals surface area contributed by atoms with Crippen LogP contribution >= 0.6 is 11.6 Å². The van der Waals surface area contributed by atoms with Gasteiger partial charge in [-0.2, -0.15) is 0 Å². The Kier molecular flexibility index (Phi) is 5.21. The van der Waals surface area contributed by atoms with Gasteiger partial charge in [-0.25, -0.2) is 4.68 Å². The molecule has 2 aliphatic rings. The number of benzene rings is 2. The zero-order chi connectivity index (χ0) is 19.6. The first-order chi connectivity index (χ1) is 14.3. The largest absolute Gasteiger partial charge is 0.369 e. The summed E-state index contributed by atoms with van der Waals surface area (Å²) in [5.41, 5.74) is 3.96. The highest BCUT2D eigenvalue weighted by Gasteiger charge is 2.32. The lowest BCUT2D eigenvalue weighted by atomic mass is 9.95. The molecule has 2 aromatic carbocycles. The molecule has 0 bridgehead atoms. The Morgan fingerprint density at radius 1 is 0.897 bits per heavy atom. The average molecular weight is 409 g/mol. The maximum Gasteiger partial charge on any atom is 0.173 e. The third kappa shape index (κ3) is 3.74. The summed E-state index contributed by atoms with van der Waals surface area (Å²) in [7, 11) is 0. The molecule has 1 atom stereocenters. The number of aryl methyl sites for hydroxylation is 2. The summed E-state index contributed by atoms with van der Waals surface area (Å²) in [6.45, 7) is 4.72. The quantitative estimate of drug-likeness (QED) is 0.648. The van der Waals surface area contributed by atoms with E-state index in [0.29, 0.717) is 0 Å². The van der Waals surface area contributed by atoms with E-state index in [1.807, 2.05) is 22.9 Å². The highest BCUT2D eigenvalue weighted by atomic mass is 35.5. The van der Waals surface area contributed by atoms with Crippen LogP contribution < -0.4 is 4.90 Å². The van der Waals surface area contributed by atoms with E-state index in [0.717, 1.165) is 62.8 Å². The molecule has 7 heteroatoms. The third-order valence-corrected chi connectivity index (χ3v) is 6.31. The standard InChI is InChI=1S/C22H25ClN6/c23-18-8-5-9-19(16-18)27-12-14-28(15-13-27)21-20-10-2-1-6-17(20)7-3-4-11-29-22(21)24-25-26-29/h1-2,5-6,8-10,16,21H,3-4,7,11-15H2. The topological polar surface area (TPSA) is 50.1 Å². The molecule has 1 saturated heterocycles. The molecule has 0 radical (unpaired) electrons. The molecule has 1 aromatic heterocycles. The van der Waals surface area contributed by atoms with Gasteiger partial charge in [0.25, 0.3) is 0 Å². The normalized spacial score (nSPS) is 20.3. The van der Waals surface area contributed by atoms with E-state index in [1.54, 1.807) is 0 Å². The first-order valence-corrected chi connectivity index (χ1v) is 10.8. The Morgan fingerprint density at radius 3 is 2.62 bits per heavy atom. The van der Waals surface area contributed by atoms with E-state index in [-0.39, 0.29) is 6.04 Å². The molecule has 1 fully saturated rings. The first-order valence-electron chi connectivity index (χ1n) is 10.4. The van der Waals surface area contributed by atoms with E-state index < -0.39 is 0 Å². The number of aromatic nitrogens is 4. The zero-order valence-corrected chi connectivity index (χ0v) is 17.2. The maximum atomic E-state index is 6.20. The minimum absolute atomic E-state index is 0.0980. The van der Waals surface area contributed by atoms with Crippen molar-refractivity contribution in [2.75, 3.05) is 31.1 Å². The summed E-state index contributed by atoms with van der Waals surface area (Å²) in [6, 6.07) is 17.0. The second-order valence-electron chi connectivity index (χ2n) is 7.82. The van der Waals surface area contributed by atoms with Crippen molar-refractivity contribution in [3.05, 3.63) is 70.5 Å². The van der Waals surface area contributed by atoms with E-state index in [1.165, 1.54) is 16.8 Å². The van der Waals surface area contributed by atoms with Crippen molar-refractivity contribution in [3.8, 4) is 0 Å². The predicted octanol–water partition coefficient (Wildman–Crippen LogP) is 3.57. The molecule has 2 aliphatic heterocycles. The summed E-state index contributed by atoms with van der Waals surface area (Å²) < 4.78 is 2.01. The summed E-state index contributed by atoms with van der Waals surface area (Å²) >= 11 is 6.20. The number of anilines is 1. The van der Waals surface area contributed by atoms with Crippen LogP contribution in [0.2, 0.25) is 5.02 Å². The van der Waals surface area contributed by atoms with Gasteiger partial charge in [0, 0.05) is 43.4 Å². The van der Waals surface area contributed by atoms with Gasteiger partial charge in [-0.3, -0.25) is 4.90 Å². The van der Waals surface area contributed by atoms with E-state index in [9.17, 15) is 0 Å². The lowest BCUT2D eigenvalue weighted by Gasteiger charge is -2.40. The molecule has 150 valence electrons. The Hall–Kier alpha value is -2.44. The Morgan fingerprint density at radius 2 is 1.76 bits per heavy atom. The van der Waals surface area contributed by atoms with Gasteiger partial charge < -0.3 is 4.90 Å². The van der Waals surface area contributed by atoms with Gasteiger partial charge in [-0.1, -0.05) is 41.9 Å². The van der Waals surface area contributed by atoms with Gasteiger partial charge in [-0.05, 0) is 59.0 Å². The van der Waals surface area contributed by atoms with Gasteiger partial charge in [0.1, 0.15) is 0 Å². The van der Waals surface area contributed by atoms with Crippen molar-refractivity contribution in [2.24, 2.45) is 0 Å². The number of rotatable bonds is 2. The fourth-order valence-corrected chi connectivity index (χ4v) is 4.77. The number of halogens is 1. The van der Waals surface area contributed by atoms with Crippen molar-refractivity contribution >= 4 is 17.3 Å². The van der Waals surface area contributed by atoms with E-state index in [4.69, 9.17) is 11.6 Å². The molecule has 0 amide bonds. The molecule has 0 saturated carbocycles. The van der Waals surface area contributed by atoms with Crippen molar-refractivity contribution in [3.63, 3.8) is 0 Å². The summed E-state index contributed by atoms with van der Waals surface area (Å²) in [4.78, 5) is 4.94. The van der Waals surface area contributed by atoms with Crippen LogP contribution in [0.4, 0.5) is 5.69 Å². The van der Waals surface area contributed by atoms with Crippen LogP contribution in [0.1, 0.15) is 35.8 Å². The zero-order valence-electron chi connectivity index (χ0n) is 16.4. The Balaban J connectivity index is 1.45. The number of piperazine rings is 1. The SMILES string of the molecule is Clc1cccc(N2CCN(C3c4ccccc4CCCCn4nnnc43)CC2)c1. The first kappa shape index (κ1) is 18.6. The molecule has 6 nitrogen and oxygen atoms in total. The maximum absolute atomic E-state index is 6.20. The van der Waals surface area contributed by atoms with Crippen LogP contribution in [0.15, 0.2) is 48.5 Å². The smallest absolute Gasteiger partial charge is 0.173 e. The van der Waals surface area contributed by atoms with Crippen molar-refractivity contribution < 1.29 is 0 Å². The lowest BCUT2D eigenvalue weighted by molar-refractivity contribution is 0.200. The number of nitrogens with zero attached hydrogens (tertiary/aromatic N) is 6. The molecule has 3 heterocycles. The molecule has 3 aromatic rings. The molecule has 0 spiro atoms. The van der Waals surface area contributed by atoms with Gasteiger partial charge in [0.2, 0.25) is 0 Å². The minimum Gasteiger partial charge on any atom is -0.369 e. The number of tetrazole rings is 1. The summed E-state index contributed by atoms with van der Waals surface area (Å²) in [5.74, 6) is 0.968. The fraction of sp³-hybridized carbons (Fsp3) is 0.409. The lowest BCUT2D eigenvalue weighted by Crippen LogP contribution is -2.48. The van der Waals surface area contributed by atoms with Gasteiger partial charge in [0.05, 0.1) is 6.04 Å². The highest BCUT2D eigenvalue weighted by Crippen LogP contribution is 2.33. The van der Waals surface area contributed by atoms with E-state index in [2.05, 4.69) is 55.7 Å². The number of hydrogen-bond acceptors (Lipinski definition) is 5. The molecular formula is C22H25ClN6. The third-order valence-electron chi connectivity index (χ3n) is 6.07. The van der Waals surface area contributed by atoms with Gasteiger partial charge >= 0.3 is 0 Å². The second-order valence-corrected chi connectivity index (χ2v) is 8.26. The average Bonchev–Trinajstić information content (AvgIpc) is 3.22. The van der Waals surface area contributed by atoms with Crippen LogP contribution in [-0.2, 0) is 13.0 Å². The van der Waals surface area contributed by atoms with E-state index >= 15 is 0 Å². The Bertz CT molecular complexity index is 979. The number of fused-ring (bicyclic) bond motifs is 2.